The smallest absolute Gasteiger partial charge is 0.374 e. The van der Waals surface area contributed by atoms with Crippen molar-refractivity contribution in [2.24, 2.45) is 5.92 Å². The molecule has 2 rings (SSSR count). The number of halogens is 3. The van der Waals surface area contributed by atoms with E-state index in [4.69, 9.17) is 5.21 Å². The van der Waals surface area contributed by atoms with Crippen LogP contribution in [0.1, 0.15) is 30.2 Å². The van der Waals surface area contributed by atoms with Gasteiger partial charge in [0.15, 0.2) is 0 Å². The molecule has 1 atom stereocenters. The fraction of sp³-hybridized carbons (Fsp3) is 0.438. The van der Waals surface area contributed by atoms with Crippen LogP contribution in [0.4, 0.5) is 13.2 Å². The van der Waals surface area contributed by atoms with Crippen LogP contribution >= 0.6 is 0 Å². The molecular weight excluding hydrogens is 325 g/mol. The van der Waals surface area contributed by atoms with Gasteiger partial charge in [0.1, 0.15) is 6.23 Å². The normalized spacial score (nSPS) is 18.7. The van der Waals surface area contributed by atoms with Crippen LogP contribution in [-0.2, 0) is 4.79 Å². The van der Waals surface area contributed by atoms with Crippen LogP contribution in [0.3, 0.4) is 0 Å². The summed E-state index contributed by atoms with van der Waals surface area (Å²) in [6.45, 7) is 0.279. The Hall–Kier alpha value is -1.90. The fourth-order valence-electron chi connectivity index (χ4n) is 2.77. The molecule has 1 unspecified atom stereocenters. The molecule has 1 aliphatic heterocycles. The lowest BCUT2D eigenvalue weighted by Crippen LogP contribution is -2.41. The Balaban J connectivity index is 2.09. The molecule has 1 aromatic rings. The summed E-state index contributed by atoms with van der Waals surface area (Å²) in [7, 11) is 0. The van der Waals surface area contributed by atoms with E-state index in [0.29, 0.717) is 11.1 Å². The van der Waals surface area contributed by atoms with E-state index in [-0.39, 0.29) is 25.9 Å². The molecule has 3 N–H and O–H groups in total. The SMILES string of the molecule is O=C(/C=C/c1ccccc1C(O)N1CCC(C(F)(F)F)CC1)NO. The number of benzene rings is 1. The number of hydroxylamine groups is 1. The molecule has 0 aromatic heterocycles. The minimum atomic E-state index is -4.20. The summed E-state index contributed by atoms with van der Waals surface area (Å²) in [6.07, 6.45) is -2.84. The predicted molar refractivity (Wildman–Crippen MR) is 80.7 cm³/mol. The summed E-state index contributed by atoms with van der Waals surface area (Å²) in [6, 6.07) is 6.73. The number of nitrogens with one attached hydrogen (secondary N) is 1. The van der Waals surface area contributed by atoms with Gasteiger partial charge in [-0.3, -0.25) is 14.9 Å². The van der Waals surface area contributed by atoms with E-state index < -0.39 is 24.2 Å². The molecule has 8 heteroatoms. The maximum absolute atomic E-state index is 12.7. The molecule has 1 heterocycles. The van der Waals surface area contributed by atoms with Gasteiger partial charge >= 0.3 is 6.18 Å². The Morgan fingerprint density at radius 3 is 2.50 bits per heavy atom. The number of hydrogen-bond donors (Lipinski definition) is 3. The average molecular weight is 344 g/mol. The highest BCUT2D eigenvalue weighted by molar-refractivity contribution is 5.91. The molecule has 1 aliphatic rings. The van der Waals surface area contributed by atoms with E-state index in [1.54, 1.807) is 29.2 Å². The van der Waals surface area contributed by atoms with Crippen molar-refractivity contribution in [3.05, 3.63) is 41.5 Å². The van der Waals surface area contributed by atoms with Crippen molar-refractivity contribution in [1.82, 2.24) is 10.4 Å². The Morgan fingerprint density at radius 1 is 1.29 bits per heavy atom. The standard InChI is InChI=1S/C16H19F3N2O3/c17-16(18,19)12-7-9-21(10-8-12)15(23)13-4-2-1-3-11(13)5-6-14(22)20-24/h1-6,12,15,23-24H,7-10H2,(H,20,22)/b6-5+. The molecule has 0 spiro atoms. The van der Waals surface area contributed by atoms with Gasteiger partial charge in [-0.15, -0.1) is 0 Å². The summed E-state index contributed by atoms with van der Waals surface area (Å²) in [5.41, 5.74) is 2.50. The lowest BCUT2D eigenvalue weighted by molar-refractivity contribution is -0.190. The van der Waals surface area contributed by atoms with Gasteiger partial charge in [0.2, 0.25) is 0 Å². The topological polar surface area (TPSA) is 72.8 Å². The molecule has 132 valence electrons. The first-order chi connectivity index (χ1) is 11.3. The zero-order valence-corrected chi connectivity index (χ0v) is 12.8. The second kappa shape index (κ2) is 7.78. The molecule has 5 nitrogen and oxygen atoms in total. The first-order valence-electron chi connectivity index (χ1n) is 7.53. The quantitative estimate of drug-likeness (QED) is 0.446. The molecule has 1 amide bonds. The van der Waals surface area contributed by atoms with Crippen molar-refractivity contribution in [3.8, 4) is 0 Å². The van der Waals surface area contributed by atoms with Crippen LogP contribution < -0.4 is 5.48 Å². The molecular formula is C16H19F3N2O3. The van der Waals surface area contributed by atoms with Crippen molar-refractivity contribution >= 4 is 12.0 Å². The van der Waals surface area contributed by atoms with Crippen LogP contribution in [-0.4, -0.2) is 40.4 Å². The molecule has 1 fully saturated rings. The number of hydrogen-bond acceptors (Lipinski definition) is 4. The van der Waals surface area contributed by atoms with Gasteiger partial charge in [0.25, 0.3) is 5.91 Å². The Morgan fingerprint density at radius 2 is 1.92 bits per heavy atom. The maximum atomic E-state index is 12.7. The Kier molecular flexibility index (Phi) is 5.98. The highest BCUT2D eigenvalue weighted by Gasteiger charge is 2.41. The number of nitrogens with zero attached hydrogens (tertiary/aromatic N) is 1. The van der Waals surface area contributed by atoms with Gasteiger partial charge in [0.05, 0.1) is 5.92 Å². The van der Waals surface area contributed by atoms with Gasteiger partial charge in [0, 0.05) is 24.7 Å². The number of rotatable bonds is 4. The van der Waals surface area contributed by atoms with E-state index in [9.17, 15) is 23.1 Å². The van der Waals surface area contributed by atoms with Crippen molar-refractivity contribution < 1.29 is 28.3 Å². The number of carbonyl (C=O) groups is 1. The van der Waals surface area contributed by atoms with Crippen molar-refractivity contribution in [3.63, 3.8) is 0 Å². The van der Waals surface area contributed by atoms with Crippen molar-refractivity contribution in [2.75, 3.05) is 13.1 Å². The predicted octanol–water partition coefficient (Wildman–Crippen LogP) is 2.47. The van der Waals surface area contributed by atoms with Gasteiger partial charge in [-0.05, 0) is 24.5 Å². The number of carbonyl (C=O) groups excluding carboxylic acids is 1. The second-order valence-electron chi connectivity index (χ2n) is 5.66. The average Bonchev–Trinajstić information content (AvgIpc) is 2.58. The summed E-state index contributed by atoms with van der Waals surface area (Å²) in [5, 5.41) is 19.0. The Bertz CT molecular complexity index is 596. The minimum absolute atomic E-state index is 0.0501. The van der Waals surface area contributed by atoms with E-state index in [2.05, 4.69) is 0 Å². The summed E-state index contributed by atoms with van der Waals surface area (Å²) < 4.78 is 38.2. The lowest BCUT2D eigenvalue weighted by Gasteiger charge is -2.36. The summed E-state index contributed by atoms with van der Waals surface area (Å²) in [4.78, 5) is 12.7. The van der Waals surface area contributed by atoms with Gasteiger partial charge in [-0.25, -0.2) is 5.48 Å². The highest BCUT2D eigenvalue weighted by atomic mass is 19.4. The third-order valence-electron chi connectivity index (χ3n) is 4.14. The van der Waals surface area contributed by atoms with E-state index >= 15 is 0 Å². The van der Waals surface area contributed by atoms with E-state index in [1.807, 2.05) is 0 Å². The molecule has 0 aliphatic carbocycles. The van der Waals surface area contributed by atoms with Crippen LogP contribution in [0.15, 0.2) is 30.3 Å². The zero-order valence-electron chi connectivity index (χ0n) is 12.8. The number of amides is 1. The number of piperidine rings is 1. The van der Waals surface area contributed by atoms with Crippen LogP contribution in [0, 0.1) is 5.92 Å². The number of aliphatic hydroxyl groups excluding tert-OH is 1. The first kappa shape index (κ1) is 18.4. The molecule has 24 heavy (non-hydrogen) atoms. The molecule has 1 saturated heterocycles. The van der Waals surface area contributed by atoms with Gasteiger partial charge < -0.3 is 5.11 Å². The zero-order chi connectivity index (χ0) is 17.7. The van der Waals surface area contributed by atoms with Gasteiger partial charge in [-0.2, -0.15) is 13.2 Å². The molecule has 0 radical (unpaired) electrons. The third-order valence-corrected chi connectivity index (χ3v) is 4.14. The number of likely N-dealkylation sites (tertiary alicyclic amines) is 1. The molecule has 1 aromatic carbocycles. The summed E-state index contributed by atoms with van der Waals surface area (Å²) >= 11 is 0. The number of alkyl halides is 3. The monoisotopic (exact) mass is 344 g/mol. The van der Waals surface area contributed by atoms with Crippen LogP contribution in [0.5, 0.6) is 0 Å². The van der Waals surface area contributed by atoms with Crippen molar-refractivity contribution in [1.29, 1.82) is 0 Å². The molecule has 0 saturated carbocycles. The maximum Gasteiger partial charge on any atom is 0.391 e. The largest absolute Gasteiger partial charge is 0.391 e. The summed E-state index contributed by atoms with van der Waals surface area (Å²) in [5.74, 6) is -2.05. The van der Waals surface area contributed by atoms with Crippen LogP contribution in [0.25, 0.3) is 6.08 Å². The van der Waals surface area contributed by atoms with Gasteiger partial charge in [-0.1, -0.05) is 24.3 Å². The first-order valence-corrected chi connectivity index (χ1v) is 7.53. The fourth-order valence-corrected chi connectivity index (χ4v) is 2.77. The lowest BCUT2D eigenvalue weighted by atomic mass is 9.95. The minimum Gasteiger partial charge on any atom is -0.374 e. The van der Waals surface area contributed by atoms with Crippen LogP contribution in [0.2, 0.25) is 0 Å². The van der Waals surface area contributed by atoms with E-state index in [1.165, 1.54) is 11.6 Å². The number of aliphatic hydroxyl groups is 1. The molecule has 0 bridgehead atoms. The highest BCUT2D eigenvalue weighted by Crippen LogP contribution is 2.36. The van der Waals surface area contributed by atoms with Crippen molar-refractivity contribution in [2.45, 2.75) is 25.2 Å². The second-order valence-corrected chi connectivity index (χ2v) is 5.66. The van der Waals surface area contributed by atoms with E-state index in [0.717, 1.165) is 6.08 Å². The third kappa shape index (κ3) is 4.56. The Labute approximate surface area is 137 Å².